The Hall–Kier alpha value is -0.930. The number of Topliss-reactive ketones (excluding diaryl/α,β-unsaturated/α-hetero) is 1. The monoisotopic (exact) mass is 284 g/mol. The van der Waals surface area contributed by atoms with E-state index < -0.39 is 11.4 Å². The second kappa shape index (κ2) is 6.02. The molecule has 0 unspecified atom stereocenters. The predicted molar refractivity (Wildman–Crippen MR) is 73.2 cm³/mol. The number of benzene rings is 1. The number of hydrogen-bond donors (Lipinski definition) is 0. The van der Waals surface area contributed by atoms with Crippen molar-refractivity contribution < 1.29 is 13.9 Å². The Balaban J connectivity index is 2.34. The first-order valence-corrected chi connectivity index (χ1v) is 7.02. The lowest BCUT2D eigenvalue weighted by molar-refractivity contribution is -0.00722. The van der Waals surface area contributed by atoms with E-state index in [0.29, 0.717) is 17.9 Å². The van der Waals surface area contributed by atoms with E-state index in [4.69, 9.17) is 16.3 Å². The zero-order valence-corrected chi connectivity index (χ0v) is 11.8. The summed E-state index contributed by atoms with van der Waals surface area (Å²) in [5.41, 5.74) is -0.793. The third-order valence-electron chi connectivity index (χ3n) is 3.89. The van der Waals surface area contributed by atoms with Gasteiger partial charge in [-0.05, 0) is 31.0 Å². The van der Waals surface area contributed by atoms with Crippen molar-refractivity contribution >= 4 is 17.4 Å². The fourth-order valence-corrected chi connectivity index (χ4v) is 2.90. The molecule has 0 saturated heterocycles. The first-order valence-electron chi connectivity index (χ1n) is 6.64. The molecule has 1 aliphatic rings. The third-order valence-corrected chi connectivity index (χ3v) is 4.13. The molecule has 0 atom stereocenters. The molecule has 1 saturated carbocycles. The molecule has 2 nitrogen and oxygen atoms in total. The van der Waals surface area contributed by atoms with Gasteiger partial charge in [0.05, 0.1) is 5.56 Å². The fourth-order valence-electron chi connectivity index (χ4n) is 2.74. The molecule has 19 heavy (non-hydrogen) atoms. The highest BCUT2D eigenvalue weighted by molar-refractivity contribution is 6.30. The van der Waals surface area contributed by atoms with Crippen molar-refractivity contribution in [2.75, 3.05) is 7.11 Å². The van der Waals surface area contributed by atoms with Gasteiger partial charge in [-0.15, -0.1) is 0 Å². The predicted octanol–water partition coefficient (Wildman–Crippen LogP) is 4.40. The zero-order chi connectivity index (χ0) is 13.9. The highest BCUT2D eigenvalue weighted by Crippen LogP contribution is 2.34. The molecule has 0 N–H and O–H groups in total. The average molecular weight is 285 g/mol. The molecule has 2 rings (SSSR count). The van der Waals surface area contributed by atoms with Crippen LogP contribution < -0.4 is 0 Å². The second-order valence-electron chi connectivity index (χ2n) is 5.07. The van der Waals surface area contributed by atoms with E-state index in [-0.39, 0.29) is 11.3 Å². The second-order valence-corrected chi connectivity index (χ2v) is 5.50. The summed E-state index contributed by atoms with van der Waals surface area (Å²) in [6.07, 6.45) is 5.39. The van der Waals surface area contributed by atoms with Gasteiger partial charge in [0, 0.05) is 12.1 Å². The summed E-state index contributed by atoms with van der Waals surface area (Å²) < 4.78 is 19.4. The molecular weight excluding hydrogens is 267 g/mol. The number of methoxy groups -OCH3 is 1. The van der Waals surface area contributed by atoms with Crippen molar-refractivity contribution in [1.82, 2.24) is 0 Å². The quantitative estimate of drug-likeness (QED) is 0.607. The maximum absolute atomic E-state index is 13.9. The molecule has 1 aliphatic carbocycles. The van der Waals surface area contributed by atoms with Crippen molar-refractivity contribution in [3.63, 3.8) is 0 Å². The van der Waals surface area contributed by atoms with E-state index in [1.165, 1.54) is 25.3 Å². The molecule has 104 valence electrons. The van der Waals surface area contributed by atoms with Gasteiger partial charge in [-0.2, -0.15) is 0 Å². The largest absolute Gasteiger partial charge is 0.370 e. The number of carbonyl (C=O) groups is 1. The molecule has 0 aromatic heterocycles. The number of rotatable bonds is 3. The molecule has 1 aromatic carbocycles. The van der Waals surface area contributed by atoms with Crippen LogP contribution >= 0.6 is 11.6 Å². The Kier molecular flexibility index (Phi) is 4.58. The first kappa shape index (κ1) is 14.5. The Morgan fingerprint density at radius 1 is 1.26 bits per heavy atom. The molecule has 0 aliphatic heterocycles. The van der Waals surface area contributed by atoms with E-state index in [2.05, 4.69) is 0 Å². The van der Waals surface area contributed by atoms with Crippen LogP contribution in [-0.4, -0.2) is 18.5 Å². The van der Waals surface area contributed by atoms with Gasteiger partial charge < -0.3 is 4.74 Å². The van der Waals surface area contributed by atoms with Crippen LogP contribution in [0.2, 0.25) is 5.02 Å². The van der Waals surface area contributed by atoms with E-state index >= 15 is 0 Å². The summed E-state index contributed by atoms with van der Waals surface area (Å²) in [5, 5.41) is 0.293. The van der Waals surface area contributed by atoms with Gasteiger partial charge in [0.2, 0.25) is 0 Å². The van der Waals surface area contributed by atoms with Crippen molar-refractivity contribution in [2.24, 2.45) is 0 Å². The summed E-state index contributed by atoms with van der Waals surface area (Å²) in [6, 6.07) is 4.17. The van der Waals surface area contributed by atoms with Gasteiger partial charge in [0.15, 0.2) is 5.78 Å². The van der Waals surface area contributed by atoms with Gasteiger partial charge in [-0.25, -0.2) is 4.39 Å². The molecule has 0 radical (unpaired) electrons. The van der Waals surface area contributed by atoms with E-state index in [1.54, 1.807) is 0 Å². The van der Waals surface area contributed by atoms with Crippen molar-refractivity contribution in [1.29, 1.82) is 0 Å². The van der Waals surface area contributed by atoms with Crippen LogP contribution in [0.3, 0.4) is 0 Å². The van der Waals surface area contributed by atoms with Gasteiger partial charge in [-0.1, -0.05) is 37.3 Å². The minimum Gasteiger partial charge on any atom is -0.370 e. The Bertz CT molecular complexity index is 465. The van der Waals surface area contributed by atoms with Crippen LogP contribution in [0.4, 0.5) is 4.39 Å². The van der Waals surface area contributed by atoms with E-state index in [0.717, 1.165) is 25.7 Å². The van der Waals surface area contributed by atoms with E-state index in [9.17, 15) is 9.18 Å². The summed E-state index contributed by atoms with van der Waals surface area (Å²) >= 11 is 5.72. The topological polar surface area (TPSA) is 26.3 Å². The maximum Gasteiger partial charge on any atom is 0.197 e. The van der Waals surface area contributed by atoms with Crippen LogP contribution in [0.15, 0.2) is 18.2 Å². The van der Waals surface area contributed by atoms with Crippen LogP contribution in [0.5, 0.6) is 0 Å². The molecule has 1 aromatic rings. The SMILES string of the molecule is COC1(C(=O)c2ccc(Cl)cc2F)CCCCCC1. The Morgan fingerprint density at radius 3 is 2.42 bits per heavy atom. The number of ketones is 1. The summed E-state index contributed by atoms with van der Waals surface area (Å²) in [7, 11) is 1.54. The normalized spacial score (nSPS) is 18.9. The van der Waals surface area contributed by atoms with Crippen molar-refractivity contribution in [2.45, 2.75) is 44.1 Å². The number of carbonyl (C=O) groups excluding carboxylic acids is 1. The average Bonchev–Trinajstić information content (AvgIpc) is 2.64. The van der Waals surface area contributed by atoms with Gasteiger partial charge >= 0.3 is 0 Å². The first-order chi connectivity index (χ1) is 9.09. The standard InChI is InChI=1S/C15H18ClFO2/c1-19-15(8-4-2-3-5-9-15)14(18)12-7-6-11(16)10-13(12)17/h6-7,10H,2-5,8-9H2,1H3. The fraction of sp³-hybridized carbons (Fsp3) is 0.533. The Morgan fingerprint density at radius 2 is 1.89 bits per heavy atom. The van der Waals surface area contributed by atoms with Gasteiger partial charge in [0.25, 0.3) is 0 Å². The van der Waals surface area contributed by atoms with Crippen LogP contribution in [0.1, 0.15) is 48.9 Å². The molecule has 1 fully saturated rings. The highest BCUT2D eigenvalue weighted by atomic mass is 35.5. The van der Waals surface area contributed by atoms with Crippen LogP contribution in [0, 0.1) is 5.82 Å². The number of halogens is 2. The lowest BCUT2D eigenvalue weighted by Gasteiger charge is -2.29. The molecular formula is C15H18ClFO2. The molecule has 4 heteroatoms. The van der Waals surface area contributed by atoms with Gasteiger partial charge in [-0.3, -0.25) is 4.79 Å². The van der Waals surface area contributed by atoms with E-state index in [1.807, 2.05) is 0 Å². The summed E-state index contributed by atoms with van der Waals surface area (Å²) in [5.74, 6) is -0.829. The molecule has 0 bridgehead atoms. The van der Waals surface area contributed by atoms with Crippen molar-refractivity contribution in [3.05, 3.63) is 34.6 Å². The Labute approximate surface area is 117 Å². The highest BCUT2D eigenvalue weighted by Gasteiger charge is 2.40. The lowest BCUT2D eigenvalue weighted by Crippen LogP contribution is -2.40. The van der Waals surface area contributed by atoms with Crippen LogP contribution in [0.25, 0.3) is 0 Å². The molecule has 0 amide bonds. The third kappa shape index (κ3) is 2.98. The lowest BCUT2D eigenvalue weighted by atomic mass is 9.85. The van der Waals surface area contributed by atoms with Gasteiger partial charge in [0.1, 0.15) is 11.4 Å². The molecule has 0 heterocycles. The van der Waals surface area contributed by atoms with Crippen molar-refractivity contribution in [3.8, 4) is 0 Å². The summed E-state index contributed by atoms with van der Waals surface area (Å²) in [4.78, 5) is 12.6. The van der Waals surface area contributed by atoms with Crippen LogP contribution in [-0.2, 0) is 4.74 Å². The summed E-state index contributed by atoms with van der Waals surface area (Å²) in [6.45, 7) is 0. The molecule has 0 spiro atoms. The zero-order valence-electron chi connectivity index (χ0n) is 11.0. The minimum atomic E-state index is -0.870. The number of ether oxygens (including phenoxy) is 1. The minimum absolute atomic E-state index is 0.0770. The number of hydrogen-bond acceptors (Lipinski definition) is 2. The smallest absolute Gasteiger partial charge is 0.197 e. The maximum atomic E-state index is 13.9.